The van der Waals surface area contributed by atoms with Gasteiger partial charge in [0.15, 0.2) is 0 Å². The second kappa shape index (κ2) is 7.12. The van der Waals surface area contributed by atoms with Crippen LogP contribution >= 0.6 is 0 Å². The molecule has 124 valence electrons. The molecular weight excluding hydrogens is 311 g/mol. The Labute approximate surface area is 139 Å². The highest BCUT2D eigenvalue weighted by Gasteiger charge is 2.31. The van der Waals surface area contributed by atoms with Crippen LogP contribution in [0.2, 0.25) is 0 Å². The van der Waals surface area contributed by atoms with Crippen molar-refractivity contribution < 1.29 is 18.7 Å². The van der Waals surface area contributed by atoms with Crippen molar-refractivity contribution in [3.05, 3.63) is 71.5 Å². The smallest absolute Gasteiger partial charge is 0.410 e. The average molecular weight is 328 g/mol. The van der Waals surface area contributed by atoms with Crippen LogP contribution < -0.4 is 5.32 Å². The van der Waals surface area contributed by atoms with Crippen molar-refractivity contribution in [1.29, 1.82) is 0 Å². The minimum absolute atomic E-state index is 0.251. The van der Waals surface area contributed by atoms with E-state index in [0.29, 0.717) is 13.1 Å². The van der Waals surface area contributed by atoms with E-state index in [0.717, 1.165) is 5.56 Å². The molecule has 1 atom stereocenters. The number of hydrogen-bond acceptors (Lipinski definition) is 3. The highest BCUT2D eigenvalue weighted by Crippen LogP contribution is 2.25. The van der Waals surface area contributed by atoms with Gasteiger partial charge in [-0.25, -0.2) is 9.18 Å². The Morgan fingerprint density at radius 1 is 1.21 bits per heavy atom. The van der Waals surface area contributed by atoms with Gasteiger partial charge < -0.3 is 15.0 Å². The minimum Gasteiger partial charge on any atom is -0.439 e. The normalized spacial score (nSPS) is 16.8. The Kier molecular flexibility index (Phi) is 4.74. The number of cyclic esters (lactones) is 1. The Morgan fingerprint density at radius 3 is 2.75 bits per heavy atom. The lowest BCUT2D eigenvalue weighted by molar-refractivity contribution is 0.0948. The number of hydrogen-bond donors (Lipinski definition) is 1. The van der Waals surface area contributed by atoms with Gasteiger partial charge in [0.1, 0.15) is 11.9 Å². The first-order chi connectivity index (χ1) is 11.6. The molecule has 0 radical (unpaired) electrons. The maximum Gasteiger partial charge on any atom is 0.410 e. The first-order valence-electron chi connectivity index (χ1n) is 7.68. The molecule has 5 nitrogen and oxygen atoms in total. The molecular formula is C18H17FN2O3. The van der Waals surface area contributed by atoms with Crippen molar-refractivity contribution in [2.75, 3.05) is 19.6 Å². The van der Waals surface area contributed by atoms with Crippen LogP contribution in [0, 0.1) is 5.82 Å². The molecule has 1 heterocycles. The third-order valence-electron chi connectivity index (χ3n) is 3.81. The molecule has 2 aromatic rings. The van der Waals surface area contributed by atoms with Crippen LogP contribution in [0.15, 0.2) is 54.6 Å². The molecule has 6 heteroatoms. The lowest BCUT2D eigenvalue weighted by atomic mass is 10.1. The van der Waals surface area contributed by atoms with Crippen molar-refractivity contribution >= 4 is 12.0 Å². The minimum atomic E-state index is -0.462. The number of amides is 2. The molecule has 0 spiro atoms. The van der Waals surface area contributed by atoms with E-state index in [1.54, 1.807) is 4.90 Å². The predicted molar refractivity (Wildman–Crippen MR) is 86.0 cm³/mol. The van der Waals surface area contributed by atoms with Crippen LogP contribution in [0.5, 0.6) is 0 Å². The van der Waals surface area contributed by atoms with E-state index in [1.165, 1.54) is 24.3 Å². The molecule has 0 bridgehead atoms. The molecule has 24 heavy (non-hydrogen) atoms. The van der Waals surface area contributed by atoms with Gasteiger partial charge >= 0.3 is 6.09 Å². The Balaban J connectivity index is 1.50. The zero-order valence-electron chi connectivity index (χ0n) is 12.9. The fraction of sp³-hybridized carbons (Fsp3) is 0.222. The first kappa shape index (κ1) is 16.0. The van der Waals surface area contributed by atoms with Gasteiger partial charge in [-0.3, -0.25) is 4.79 Å². The highest BCUT2D eigenvalue weighted by atomic mass is 19.1. The number of rotatable bonds is 5. The number of ether oxygens (including phenoxy) is 1. The van der Waals surface area contributed by atoms with Gasteiger partial charge in [-0.15, -0.1) is 0 Å². The molecule has 1 fully saturated rings. The summed E-state index contributed by atoms with van der Waals surface area (Å²) in [5.74, 6) is -0.835. The number of benzene rings is 2. The van der Waals surface area contributed by atoms with Crippen molar-refractivity contribution in [2.45, 2.75) is 6.10 Å². The Morgan fingerprint density at radius 2 is 2.00 bits per heavy atom. The van der Waals surface area contributed by atoms with Crippen LogP contribution in [0.1, 0.15) is 22.0 Å². The van der Waals surface area contributed by atoms with E-state index in [9.17, 15) is 14.0 Å². The summed E-state index contributed by atoms with van der Waals surface area (Å²) in [6, 6.07) is 15.0. The van der Waals surface area contributed by atoms with Gasteiger partial charge in [0.05, 0.1) is 6.54 Å². The maximum absolute atomic E-state index is 13.1. The van der Waals surface area contributed by atoms with E-state index in [4.69, 9.17) is 4.74 Å². The van der Waals surface area contributed by atoms with Crippen molar-refractivity contribution in [3.63, 3.8) is 0 Å². The van der Waals surface area contributed by atoms with Crippen LogP contribution in [-0.2, 0) is 4.74 Å². The quantitative estimate of drug-likeness (QED) is 0.918. The molecule has 1 unspecified atom stereocenters. The van der Waals surface area contributed by atoms with Crippen LogP contribution in [0.25, 0.3) is 0 Å². The molecule has 2 amide bonds. The number of nitrogens with one attached hydrogen (secondary N) is 1. The zero-order valence-corrected chi connectivity index (χ0v) is 12.9. The lowest BCUT2D eigenvalue weighted by Crippen LogP contribution is -2.35. The highest BCUT2D eigenvalue weighted by molar-refractivity contribution is 5.94. The summed E-state index contributed by atoms with van der Waals surface area (Å²) in [7, 11) is 0. The molecule has 0 aromatic heterocycles. The number of carbonyl (C=O) groups is 2. The van der Waals surface area contributed by atoms with Crippen molar-refractivity contribution in [2.24, 2.45) is 0 Å². The fourth-order valence-electron chi connectivity index (χ4n) is 2.57. The lowest BCUT2D eigenvalue weighted by Gasteiger charge is -2.13. The first-order valence-corrected chi connectivity index (χ1v) is 7.68. The van der Waals surface area contributed by atoms with Crippen LogP contribution in [-0.4, -0.2) is 36.5 Å². The van der Waals surface area contributed by atoms with E-state index in [2.05, 4.69) is 5.32 Å². The number of nitrogens with zero attached hydrogens (tertiary/aromatic N) is 1. The Bertz CT molecular complexity index is 736. The SMILES string of the molecule is O=C(NCCN1CC(c2ccccc2)OC1=O)c1cccc(F)c1. The van der Waals surface area contributed by atoms with Gasteiger partial charge in [-0.1, -0.05) is 36.4 Å². The maximum atomic E-state index is 13.1. The topological polar surface area (TPSA) is 58.6 Å². The summed E-state index contributed by atoms with van der Waals surface area (Å²) in [5, 5.41) is 2.67. The van der Waals surface area contributed by atoms with Gasteiger partial charge in [-0.2, -0.15) is 0 Å². The van der Waals surface area contributed by atoms with Crippen LogP contribution in [0.3, 0.4) is 0 Å². The molecule has 1 saturated heterocycles. The molecule has 1 N–H and O–H groups in total. The molecule has 1 aliphatic heterocycles. The van der Waals surface area contributed by atoms with Gasteiger partial charge in [0.2, 0.25) is 0 Å². The van der Waals surface area contributed by atoms with Crippen molar-refractivity contribution in [1.82, 2.24) is 10.2 Å². The third-order valence-corrected chi connectivity index (χ3v) is 3.81. The second-order valence-corrected chi connectivity index (χ2v) is 5.50. The third kappa shape index (κ3) is 3.71. The Hall–Kier alpha value is -2.89. The molecule has 2 aromatic carbocycles. The average Bonchev–Trinajstić information content (AvgIpc) is 2.96. The zero-order chi connectivity index (χ0) is 16.9. The van der Waals surface area contributed by atoms with E-state index >= 15 is 0 Å². The molecule has 0 aliphatic carbocycles. The predicted octanol–water partition coefficient (Wildman–Crippen LogP) is 2.75. The van der Waals surface area contributed by atoms with E-state index < -0.39 is 11.9 Å². The summed E-state index contributed by atoms with van der Waals surface area (Å²) in [6.45, 7) is 1.05. The second-order valence-electron chi connectivity index (χ2n) is 5.50. The van der Waals surface area contributed by atoms with Gasteiger partial charge in [-0.05, 0) is 23.8 Å². The van der Waals surface area contributed by atoms with Gasteiger partial charge in [0, 0.05) is 18.7 Å². The van der Waals surface area contributed by atoms with Crippen molar-refractivity contribution in [3.8, 4) is 0 Å². The number of carbonyl (C=O) groups excluding carboxylic acids is 2. The summed E-state index contributed by atoms with van der Waals surface area (Å²) >= 11 is 0. The number of halogens is 1. The largest absolute Gasteiger partial charge is 0.439 e. The molecule has 3 rings (SSSR count). The van der Waals surface area contributed by atoms with Gasteiger partial charge in [0.25, 0.3) is 5.91 Å². The van der Waals surface area contributed by atoms with Crippen LogP contribution in [0.4, 0.5) is 9.18 Å². The summed E-state index contributed by atoms with van der Waals surface area (Å²) < 4.78 is 18.4. The van der Waals surface area contributed by atoms with E-state index in [1.807, 2.05) is 30.3 Å². The molecule has 0 saturated carbocycles. The fourth-order valence-corrected chi connectivity index (χ4v) is 2.57. The van der Waals surface area contributed by atoms with E-state index in [-0.39, 0.29) is 24.1 Å². The standard InChI is InChI=1S/C18H17FN2O3/c19-15-8-4-7-14(11-15)17(22)20-9-10-21-12-16(24-18(21)23)13-5-2-1-3-6-13/h1-8,11,16H,9-10,12H2,(H,20,22). The summed E-state index contributed by atoms with van der Waals surface area (Å²) in [5.41, 5.74) is 1.19. The summed E-state index contributed by atoms with van der Waals surface area (Å²) in [4.78, 5) is 25.4. The summed E-state index contributed by atoms with van der Waals surface area (Å²) in [6.07, 6.45) is -0.693. The molecule has 1 aliphatic rings. The monoisotopic (exact) mass is 328 g/mol.